The molecule has 1 fully saturated rings. The fourth-order valence-electron chi connectivity index (χ4n) is 6.00. The first-order valence-electron chi connectivity index (χ1n) is 14.1. The van der Waals surface area contributed by atoms with Gasteiger partial charge in [0, 0.05) is 53.8 Å². The van der Waals surface area contributed by atoms with Crippen molar-refractivity contribution in [1.82, 2.24) is 4.57 Å². The SMILES string of the molecule is CSc1ccccc1NC(=O)c1ccc(N2CC3CC(C2)c2cccc(=O)n2C3)c(NC(=O)C=Cc2ccccc2)c1. The van der Waals surface area contributed by atoms with Crippen LogP contribution in [0.15, 0.2) is 107 Å². The first kappa shape index (κ1) is 27.6. The van der Waals surface area contributed by atoms with Gasteiger partial charge in [0.1, 0.15) is 0 Å². The number of rotatable bonds is 7. The van der Waals surface area contributed by atoms with Crippen molar-refractivity contribution < 1.29 is 9.59 Å². The fourth-order valence-corrected chi connectivity index (χ4v) is 6.55. The molecule has 7 nitrogen and oxygen atoms in total. The van der Waals surface area contributed by atoms with Gasteiger partial charge in [-0.2, -0.15) is 0 Å². The molecule has 3 aromatic carbocycles. The molecule has 2 unspecified atom stereocenters. The van der Waals surface area contributed by atoms with Crippen LogP contribution in [0.5, 0.6) is 0 Å². The minimum Gasteiger partial charge on any atom is -0.369 e. The largest absolute Gasteiger partial charge is 0.369 e. The summed E-state index contributed by atoms with van der Waals surface area (Å²) in [6, 6.07) is 28.3. The number of fused-ring (bicyclic) bond motifs is 4. The van der Waals surface area contributed by atoms with Gasteiger partial charge in [-0.05, 0) is 66.6 Å². The molecule has 0 saturated carbocycles. The number of carbonyl (C=O) groups excluding carboxylic acids is 2. The van der Waals surface area contributed by atoms with E-state index in [9.17, 15) is 14.4 Å². The van der Waals surface area contributed by atoms with Gasteiger partial charge >= 0.3 is 0 Å². The molecule has 4 aromatic rings. The number of benzene rings is 3. The van der Waals surface area contributed by atoms with Crippen LogP contribution in [0.4, 0.5) is 17.1 Å². The Labute approximate surface area is 249 Å². The van der Waals surface area contributed by atoms with Crippen molar-refractivity contribution >= 4 is 46.7 Å². The van der Waals surface area contributed by atoms with Gasteiger partial charge < -0.3 is 20.1 Å². The van der Waals surface area contributed by atoms with Crippen molar-refractivity contribution in [3.63, 3.8) is 0 Å². The molecule has 1 saturated heterocycles. The molecule has 0 aliphatic carbocycles. The number of carbonyl (C=O) groups is 2. The lowest BCUT2D eigenvalue weighted by Gasteiger charge is -2.44. The second kappa shape index (κ2) is 12.1. The molecule has 2 aliphatic heterocycles. The van der Waals surface area contributed by atoms with E-state index in [2.05, 4.69) is 15.5 Å². The van der Waals surface area contributed by atoms with E-state index in [1.807, 2.05) is 89.7 Å². The van der Waals surface area contributed by atoms with E-state index in [4.69, 9.17) is 0 Å². The van der Waals surface area contributed by atoms with Crippen molar-refractivity contribution in [2.24, 2.45) is 5.92 Å². The Hall–Kier alpha value is -4.56. The molecular formula is C34H32N4O3S. The summed E-state index contributed by atoms with van der Waals surface area (Å²) in [6.07, 6.45) is 6.27. The molecule has 2 amide bonds. The number of nitrogens with zero attached hydrogens (tertiary/aromatic N) is 2. The summed E-state index contributed by atoms with van der Waals surface area (Å²) in [4.78, 5) is 42.2. The Balaban J connectivity index is 1.30. The highest BCUT2D eigenvalue weighted by atomic mass is 32.2. The number of thioether (sulfide) groups is 1. The lowest BCUT2D eigenvalue weighted by atomic mass is 9.83. The van der Waals surface area contributed by atoms with E-state index in [-0.39, 0.29) is 23.3 Å². The van der Waals surface area contributed by atoms with Crippen LogP contribution in [0.25, 0.3) is 6.08 Å². The number of para-hydroxylation sites is 1. The molecule has 42 heavy (non-hydrogen) atoms. The predicted molar refractivity (Wildman–Crippen MR) is 170 cm³/mol. The Morgan fingerprint density at radius 2 is 1.67 bits per heavy atom. The minimum atomic E-state index is -0.278. The third-order valence-corrected chi connectivity index (χ3v) is 8.71. The molecule has 8 heteroatoms. The fraction of sp³-hybridized carbons (Fsp3) is 0.206. The molecule has 3 heterocycles. The molecule has 0 radical (unpaired) electrons. The summed E-state index contributed by atoms with van der Waals surface area (Å²) < 4.78 is 1.91. The summed E-state index contributed by atoms with van der Waals surface area (Å²) in [5.74, 6) is -0.00969. The van der Waals surface area contributed by atoms with E-state index in [0.29, 0.717) is 23.7 Å². The summed E-state index contributed by atoms with van der Waals surface area (Å²) in [5.41, 5.74) is 4.66. The molecule has 2 N–H and O–H groups in total. The Bertz CT molecular complexity index is 1720. The zero-order chi connectivity index (χ0) is 29.1. The smallest absolute Gasteiger partial charge is 0.255 e. The van der Waals surface area contributed by atoms with E-state index < -0.39 is 0 Å². The third-order valence-electron chi connectivity index (χ3n) is 7.92. The van der Waals surface area contributed by atoms with Crippen LogP contribution in [-0.2, 0) is 11.3 Å². The van der Waals surface area contributed by atoms with Crippen LogP contribution in [0, 0.1) is 5.92 Å². The molecule has 2 aliphatic rings. The highest BCUT2D eigenvalue weighted by molar-refractivity contribution is 7.98. The van der Waals surface area contributed by atoms with Crippen LogP contribution >= 0.6 is 11.8 Å². The van der Waals surface area contributed by atoms with Crippen molar-refractivity contribution in [1.29, 1.82) is 0 Å². The molecule has 2 bridgehead atoms. The number of nitrogens with one attached hydrogen (secondary N) is 2. The second-order valence-electron chi connectivity index (χ2n) is 10.7. The van der Waals surface area contributed by atoms with Gasteiger partial charge in [0.25, 0.3) is 11.5 Å². The number of pyridine rings is 1. The van der Waals surface area contributed by atoms with Crippen LogP contribution in [-0.4, -0.2) is 35.7 Å². The van der Waals surface area contributed by atoms with Gasteiger partial charge in [-0.1, -0.05) is 48.5 Å². The normalized spacial score (nSPS) is 17.5. The average molecular weight is 577 g/mol. The van der Waals surface area contributed by atoms with Crippen molar-refractivity contribution in [2.45, 2.75) is 23.8 Å². The van der Waals surface area contributed by atoms with Crippen molar-refractivity contribution in [3.8, 4) is 0 Å². The lowest BCUT2D eigenvalue weighted by Crippen LogP contribution is -2.47. The van der Waals surface area contributed by atoms with Gasteiger partial charge in [-0.25, -0.2) is 0 Å². The zero-order valence-electron chi connectivity index (χ0n) is 23.3. The number of anilines is 3. The van der Waals surface area contributed by atoms with Gasteiger partial charge in [0.05, 0.1) is 17.1 Å². The Morgan fingerprint density at radius 3 is 2.50 bits per heavy atom. The summed E-state index contributed by atoms with van der Waals surface area (Å²) in [5, 5.41) is 6.07. The highest BCUT2D eigenvalue weighted by Crippen LogP contribution is 2.39. The number of hydrogen-bond acceptors (Lipinski definition) is 5. The second-order valence-corrected chi connectivity index (χ2v) is 11.6. The molecule has 1 aromatic heterocycles. The van der Waals surface area contributed by atoms with E-state index in [0.717, 1.165) is 47.0 Å². The van der Waals surface area contributed by atoms with Crippen LogP contribution in [0.1, 0.15) is 34.0 Å². The standard InChI is InChI=1S/C34H32N4O3S/c1-42-31-12-6-5-10-27(31)36-34(41)25-15-16-30(28(19-25)35-32(39)17-14-23-8-3-2-4-9-23)37-20-24-18-26(22-37)29-11-7-13-33(40)38(29)21-24/h2-17,19,24,26H,18,20-22H2,1H3,(H,35,39)(H,36,41). The molecular weight excluding hydrogens is 544 g/mol. The maximum absolute atomic E-state index is 13.4. The van der Waals surface area contributed by atoms with Gasteiger partial charge in [-0.3, -0.25) is 14.4 Å². The van der Waals surface area contributed by atoms with Crippen LogP contribution in [0.3, 0.4) is 0 Å². The monoisotopic (exact) mass is 576 g/mol. The average Bonchev–Trinajstić information content (AvgIpc) is 3.01. The van der Waals surface area contributed by atoms with Gasteiger partial charge in [0.2, 0.25) is 5.91 Å². The number of amides is 2. The number of hydrogen-bond donors (Lipinski definition) is 2. The summed E-state index contributed by atoms with van der Waals surface area (Å²) >= 11 is 1.57. The van der Waals surface area contributed by atoms with Gasteiger partial charge in [0.15, 0.2) is 0 Å². The molecule has 6 rings (SSSR count). The minimum absolute atomic E-state index is 0.0483. The number of piperidine rings is 1. The number of aromatic nitrogens is 1. The maximum atomic E-state index is 13.4. The van der Waals surface area contributed by atoms with Crippen molar-refractivity contribution in [2.75, 3.05) is 34.9 Å². The molecule has 2 atom stereocenters. The first-order valence-corrected chi connectivity index (χ1v) is 15.3. The third kappa shape index (κ3) is 5.90. The summed E-state index contributed by atoms with van der Waals surface area (Å²) in [7, 11) is 0. The first-order chi connectivity index (χ1) is 20.5. The molecule has 0 spiro atoms. The zero-order valence-corrected chi connectivity index (χ0v) is 24.1. The maximum Gasteiger partial charge on any atom is 0.255 e. The highest BCUT2D eigenvalue weighted by Gasteiger charge is 2.35. The van der Waals surface area contributed by atoms with E-state index >= 15 is 0 Å². The van der Waals surface area contributed by atoms with Crippen LogP contribution < -0.4 is 21.1 Å². The van der Waals surface area contributed by atoms with Crippen molar-refractivity contribution in [3.05, 3.63) is 124 Å². The van der Waals surface area contributed by atoms with Gasteiger partial charge in [-0.15, -0.1) is 11.8 Å². The van der Waals surface area contributed by atoms with Crippen LogP contribution in [0.2, 0.25) is 0 Å². The lowest BCUT2D eigenvalue weighted by molar-refractivity contribution is -0.111. The van der Waals surface area contributed by atoms with E-state index in [1.165, 1.54) is 6.08 Å². The quantitative estimate of drug-likeness (QED) is 0.205. The molecule has 212 valence electrons. The summed E-state index contributed by atoms with van der Waals surface area (Å²) in [6.45, 7) is 2.15. The predicted octanol–water partition coefficient (Wildman–Crippen LogP) is 6.10. The topological polar surface area (TPSA) is 83.4 Å². The Morgan fingerprint density at radius 1 is 0.857 bits per heavy atom. The Kier molecular flexibility index (Phi) is 7.97. The van der Waals surface area contributed by atoms with E-state index in [1.54, 1.807) is 30.0 Å².